The number of hydrogen-bond acceptors (Lipinski definition) is 0. The van der Waals surface area contributed by atoms with Crippen LogP contribution in [-0.4, -0.2) is 0 Å². The van der Waals surface area contributed by atoms with E-state index in [0.717, 1.165) is 29.7 Å². The van der Waals surface area contributed by atoms with E-state index in [2.05, 4.69) is 13.8 Å². The van der Waals surface area contributed by atoms with Crippen LogP contribution in [0.2, 0.25) is 0 Å². The highest BCUT2D eigenvalue weighted by molar-refractivity contribution is 5.64. The molecule has 0 aliphatic rings. The van der Waals surface area contributed by atoms with Gasteiger partial charge in [-0.15, -0.1) is 0 Å². The smallest absolute Gasteiger partial charge is 0.206 e. The molecule has 0 heterocycles. The van der Waals surface area contributed by atoms with Crippen molar-refractivity contribution in [2.75, 3.05) is 0 Å². The predicted octanol–water partition coefficient (Wildman–Crippen LogP) is 5.71. The van der Waals surface area contributed by atoms with Crippen LogP contribution in [0.15, 0.2) is 42.5 Å². The zero-order valence-electron chi connectivity index (χ0n) is 11.8. The fourth-order valence-corrected chi connectivity index (χ4v) is 2.27. The van der Waals surface area contributed by atoms with Crippen molar-refractivity contribution < 1.29 is 17.6 Å². The number of benzene rings is 2. The van der Waals surface area contributed by atoms with Gasteiger partial charge in [-0.25, -0.2) is 4.39 Å². The summed E-state index contributed by atoms with van der Waals surface area (Å²) < 4.78 is 51.3. The summed E-state index contributed by atoms with van der Waals surface area (Å²) in [6, 6.07) is 10.5. The lowest BCUT2D eigenvalue weighted by Crippen LogP contribution is -2.07. The van der Waals surface area contributed by atoms with Gasteiger partial charge in [0.05, 0.1) is 5.56 Å². The zero-order valence-corrected chi connectivity index (χ0v) is 11.8. The van der Waals surface area contributed by atoms with Gasteiger partial charge in [-0.2, -0.15) is 13.2 Å². The van der Waals surface area contributed by atoms with Crippen molar-refractivity contribution in [1.82, 2.24) is 0 Å². The van der Waals surface area contributed by atoms with E-state index in [4.69, 9.17) is 0 Å². The highest BCUT2D eigenvalue weighted by Crippen LogP contribution is 2.33. The van der Waals surface area contributed by atoms with Gasteiger partial charge < -0.3 is 0 Å². The molecular weight excluding hydrogens is 280 g/mol. The molecule has 2 rings (SSSR count). The van der Waals surface area contributed by atoms with Crippen LogP contribution in [0, 0.1) is 11.7 Å². The normalized spacial score (nSPS) is 12.0. The van der Waals surface area contributed by atoms with Crippen molar-refractivity contribution in [3.8, 4) is 11.1 Å². The van der Waals surface area contributed by atoms with Crippen molar-refractivity contribution in [1.29, 1.82) is 0 Å². The molecule has 0 saturated carbocycles. The predicted molar refractivity (Wildman–Crippen MR) is 75.4 cm³/mol. The highest BCUT2D eigenvalue weighted by Gasteiger charge is 2.33. The second kappa shape index (κ2) is 5.88. The monoisotopic (exact) mass is 296 g/mol. The molecule has 2 aromatic carbocycles. The third-order valence-electron chi connectivity index (χ3n) is 3.18. The van der Waals surface area contributed by atoms with Crippen molar-refractivity contribution >= 4 is 0 Å². The fourth-order valence-electron chi connectivity index (χ4n) is 2.27. The molecule has 0 unspecified atom stereocenters. The van der Waals surface area contributed by atoms with Crippen LogP contribution < -0.4 is 0 Å². The number of rotatable bonds is 3. The highest BCUT2D eigenvalue weighted by atomic mass is 19.4. The van der Waals surface area contributed by atoms with Gasteiger partial charge in [0.15, 0.2) is 0 Å². The average Bonchev–Trinajstić information content (AvgIpc) is 2.36. The third kappa shape index (κ3) is 3.84. The van der Waals surface area contributed by atoms with Crippen LogP contribution in [0.4, 0.5) is 17.6 Å². The van der Waals surface area contributed by atoms with Gasteiger partial charge in [-0.3, -0.25) is 0 Å². The minimum atomic E-state index is -4.66. The Bertz CT molecular complexity index is 627. The van der Waals surface area contributed by atoms with Crippen LogP contribution in [0.5, 0.6) is 0 Å². The Morgan fingerprint density at radius 2 is 1.62 bits per heavy atom. The van der Waals surface area contributed by atoms with Gasteiger partial charge >= 0.3 is 6.18 Å². The molecule has 0 fully saturated rings. The topological polar surface area (TPSA) is 0 Å². The summed E-state index contributed by atoms with van der Waals surface area (Å²) in [5.41, 5.74) is 1.03. The second-order valence-electron chi connectivity index (χ2n) is 5.49. The molecule has 0 radical (unpaired) electrons. The maximum atomic E-state index is 13.6. The van der Waals surface area contributed by atoms with Crippen molar-refractivity contribution in [3.05, 3.63) is 59.4 Å². The lowest BCUT2D eigenvalue weighted by molar-refractivity contribution is -0.139. The molecule has 4 heteroatoms. The maximum Gasteiger partial charge on any atom is 0.419 e. The van der Waals surface area contributed by atoms with Crippen molar-refractivity contribution in [2.24, 2.45) is 5.92 Å². The first-order chi connectivity index (χ1) is 9.77. The molecule has 2 aromatic rings. The standard InChI is InChI=1S/C17H16F4/c1-11(2)8-12-4-3-5-13(9-12)14-6-7-15(16(18)10-14)17(19,20)21/h3-7,9-11H,8H2,1-2H3. The van der Waals surface area contributed by atoms with Crippen LogP contribution in [0.25, 0.3) is 11.1 Å². The minimum Gasteiger partial charge on any atom is -0.206 e. The van der Waals surface area contributed by atoms with Crippen LogP contribution in [0.1, 0.15) is 25.0 Å². The van der Waals surface area contributed by atoms with E-state index in [1.54, 1.807) is 6.07 Å². The summed E-state index contributed by atoms with van der Waals surface area (Å²) in [5, 5.41) is 0. The van der Waals surface area contributed by atoms with Gasteiger partial charge in [-0.1, -0.05) is 44.2 Å². The van der Waals surface area contributed by atoms with Gasteiger partial charge in [0, 0.05) is 0 Å². The average molecular weight is 296 g/mol. The van der Waals surface area contributed by atoms with Crippen LogP contribution in [0.3, 0.4) is 0 Å². The largest absolute Gasteiger partial charge is 0.419 e. The van der Waals surface area contributed by atoms with Crippen molar-refractivity contribution in [3.63, 3.8) is 0 Å². The van der Waals surface area contributed by atoms with E-state index in [-0.39, 0.29) is 0 Å². The molecule has 0 aliphatic heterocycles. The summed E-state index contributed by atoms with van der Waals surface area (Å²) in [5.74, 6) is -0.765. The van der Waals surface area contributed by atoms with Gasteiger partial charge in [0.1, 0.15) is 5.82 Å². The van der Waals surface area contributed by atoms with Gasteiger partial charge in [0.2, 0.25) is 0 Å². The van der Waals surface area contributed by atoms with Crippen LogP contribution >= 0.6 is 0 Å². The fraction of sp³-hybridized carbons (Fsp3) is 0.294. The molecule has 0 N–H and O–H groups in total. The number of hydrogen-bond donors (Lipinski definition) is 0. The molecule has 0 bridgehead atoms. The third-order valence-corrected chi connectivity index (χ3v) is 3.18. The quantitative estimate of drug-likeness (QED) is 0.636. The van der Waals surface area contributed by atoms with E-state index in [1.165, 1.54) is 6.07 Å². The molecule has 0 aromatic heterocycles. The van der Waals surface area contributed by atoms with Gasteiger partial charge in [-0.05, 0) is 41.2 Å². The van der Waals surface area contributed by atoms with Crippen LogP contribution in [-0.2, 0) is 12.6 Å². The molecule has 0 amide bonds. The first-order valence-electron chi connectivity index (χ1n) is 6.73. The summed E-state index contributed by atoms with van der Waals surface area (Å²) in [6.07, 6.45) is -3.79. The second-order valence-corrected chi connectivity index (χ2v) is 5.49. The summed E-state index contributed by atoms with van der Waals surface area (Å²) >= 11 is 0. The molecular formula is C17H16F4. The number of halogens is 4. The molecule has 21 heavy (non-hydrogen) atoms. The Labute approximate surface area is 121 Å². The van der Waals surface area contributed by atoms with E-state index >= 15 is 0 Å². The molecule has 0 spiro atoms. The number of alkyl halides is 3. The Hall–Kier alpha value is -1.84. The van der Waals surface area contributed by atoms with Gasteiger partial charge in [0.25, 0.3) is 0 Å². The lowest BCUT2D eigenvalue weighted by atomic mass is 9.97. The Morgan fingerprint density at radius 3 is 2.19 bits per heavy atom. The first kappa shape index (κ1) is 15.5. The maximum absolute atomic E-state index is 13.6. The Morgan fingerprint density at radius 1 is 0.952 bits per heavy atom. The van der Waals surface area contributed by atoms with E-state index < -0.39 is 17.6 Å². The van der Waals surface area contributed by atoms with E-state index in [1.807, 2.05) is 18.2 Å². The molecule has 0 aliphatic carbocycles. The summed E-state index contributed by atoms with van der Waals surface area (Å²) in [7, 11) is 0. The van der Waals surface area contributed by atoms with Crippen molar-refractivity contribution in [2.45, 2.75) is 26.4 Å². The molecule has 0 saturated heterocycles. The molecule has 0 nitrogen and oxygen atoms in total. The molecule has 0 atom stereocenters. The lowest BCUT2D eigenvalue weighted by Gasteiger charge is -2.11. The van der Waals surface area contributed by atoms with E-state index in [9.17, 15) is 17.6 Å². The zero-order chi connectivity index (χ0) is 15.6. The Kier molecular flexibility index (Phi) is 4.35. The first-order valence-corrected chi connectivity index (χ1v) is 6.73. The molecule has 112 valence electrons. The SMILES string of the molecule is CC(C)Cc1cccc(-c2ccc(C(F)(F)F)c(F)c2)c1. The summed E-state index contributed by atoms with van der Waals surface area (Å²) in [6.45, 7) is 4.18. The summed E-state index contributed by atoms with van der Waals surface area (Å²) in [4.78, 5) is 0. The van der Waals surface area contributed by atoms with E-state index in [0.29, 0.717) is 11.5 Å². The Balaban J connectivity index is 2.37. The minimum absolute atomic E-state index is 0.450.